The molecule has 0 aliphatic rings. The number of thiazole rings is 1. The van der Waals surface area contributed by atoms with Crippen LogP contribution in [0.3, 0.4) is 0 Å². The molecule has 0 aliphatic carbocycles. The van der Waals surface area contributed by atoms with Crippen LogP contribution in [0.1, 0.15) is 17.3 Å². The van der Waals surface area contributed by atoms with E-state index in [9.17, 15) is 10.1 Å². The van der Waals surface area contributed by atoms with Crippen molar-refractivity contribution in [1.29, 1.82) is 0 Å². The van der Waals surface area contributed by atoms with E-state index in [1.54, 1.807) is 29.9 Å². The molecule has 7 nitrogen and oxygen atoms in total. The molecule has 0 saturated heterocycles. The van der Waals surface area contributed by atoms with Gasteiger partial charge in [0.2, 0.25) is 5.82 Å². The van der Waals surface area contributed by atoms with Gasteiger partial charge in [0, 0.05) is 16.6 Å². The summed E-state index contributed by atoms with van der Waals surface area (Å²) in [6.07, 6.45) is 3.31. The van der Waals surface area contributed by atoms with Gasteiger partial charge in [0.1, 0.15) is 6.20 Å². The van der Waals surface area contributed by atoms with Gasteiger partial charge < -0.3 is 15.4 Å². The lowest BCUT2D eigenvalue weighted by molar-refractivity contribution is -0.389. The largest absolute Gasteiger partial charge is 0.372 e. The molecule has 0 amide bonds. The number of benzene rings is 1. The molecular formula is C17H12ClN5O2S. The molecule has 0 fully saturated rings. The number of hydrogen-bond donors (Lipinski definition) is 1. The van der Waals surface area contributed by atoms with Crippen molar-refractivity contribution in [2.24, 2.45) is 0 Å². The van der Waals surface area contributed by atoms with Crippen LogP contribution in [-0.4, -0.2) is 19.3 Å². The molecule has 1 aromatic carbocycles. The van der Waals surface area contributed by atoms with Crippen LogP contribution in [0.2, 0.25) is 5.02 Å². The highest BCUT2D eigenvalue weighted by Gasteiger charge is 2.27. The van der Waals surface area contributed by atoms with E-state index in [1.807, 2.05) is 30.3 Å². The number of fused-ring (bicyclic) bond motifs is 1. The van der Waals surface area contributed by atoms with Crippen LogP contribution in [-0.2, 0) is 0 Å². The molecule has 0 saturated carbocycles. The smallest absolute Gasteiger partial charge is 0.358 e. The third kappa shape index (κ3) is 3.00. The van der Waals surface area contributed by atoms with Crippen LogP contribution >= 0.6 is 22.9 Å². The Bertz CT molecular complexity index is 1080. The lowest BCUT2D eigenvalue weighted by Crippen LogP contribution is -2.15. The summed E-state index contributed by atoms with van der Waals surface area (Å²) < 4.78 is 1.46. The molecule has 1 atom stereocenters. The van der Waals surface area contributed by atoms with Crippen LogP contribution < -0.4 is 5.32 Å². The van der Waals surface area contributed by atoms with Crippen molar-refractivity contribution in [3.8, 4) is 0 Å². The van der Waals surface area contributed by atoms with E-state index < -0.39 is 11.0 Å². The lowest BCUT2D eigenvalue weighted by atomic mass is 10.0. The Morgan fingerprint density at radius 3 is 2.88 bits per heavy atom. The highest BCUT2D eigenvalue weighted by Crippen LogP contribution is 2.33. The van der Waals surface area contributed by atoms with E-state index in [4.69, 9.17) is 11.6 Å². The molecule has 130 valence electrons. The fraction of sp³-hybridized carbons (Fsp3) is 0.0588. The maximum atomic E-state index is 11.6. The Labute approximate surface area is 157 Å². The summed E-state index contributed by atoms with van der Waals surface area (Å²) in [5, 5.41) is 17.1. The molecule has 4 aromatic rings. The third-order valence-electron chi connectivity index (χ3n) is 3.86. The summed E-state index contributed by atoms with van der Waals surface area (Å²) in [7, 11) is 0. The summed E-state index contributed by atoms with van der Waals surface area (Å²) in [4.78, 5) is 20.4. The monoisotopic (exact) mass is 385 g/mol. The van der Waals surface area contributed by atoms with Crippen molar-refractivity contribution >= 4 is 39.5 Å². The molecule has 0 spiro atoms. The lowest BCUT2D eigenvalue weighted by Gasteiger charge is -2.18. The molecular weight excluding hydrogens is 374 g/mol. The highest BCUT2D eigenvalue weighted by atomic mass is 35.5. The second kappa shape index (κ2) is 6.74. The summed E-state index contributed by atoms with van der Waals surface area (Å²) in [5.41, 5.74) is 1.54. The van der Waals surface area contributed by atoms with Crippen LogP contribution in [0.5, 0.6) is 0 Å². The van der Waals surface area contributed by atoms with Gasteiger partial charge in [-0.3, -0.25) is 4.98 Å². The fourth-order valence-corrected chi connectivity index (χ4v) is 3.65. The second-order valence-corrected chi connectivity index (χ2v) is 6.79. The molecule has 4 rings (SSSR count). The van der Waals surface area contributed by atoms with Gasteiger partial charge in [-0.1, -0.05) is 41.1 Å². The van der Waals surface area contributed by atoms with Gasteiger partial charge in [0.05, 0.1) is 11.7 Å². The highest BCUT2D eigenvalue weighted by molar-refractivity contribution is 7.15. The van der Waals surface area contributed by atoms with E-state index in [-0.39, 0.29) is 11.6 Å². The van der Waals surface area contributed by atoms with Gasteiger partial charge in [0.25, 0.3) is 4.96 Å². The summed E-state index contributed by atoms with van der Waals surface area (Å²) in [5.74, 6) is 0.0849. The first kappa shape index (κ1) is 16.5. The van der Waals surface area contributed by atoms with Crippen LogP contribution in [0.4, 0.5) is 11.6 Å². The van der Waals surface area contributed by atoms with Crippen LogP contribution in [0.15, 0.2) is 60.2 Å². The first-order chi connectivity index (χ1) is 12.6. The number of nitro groups is 1. The Balaban J connectivity index is 1.82. The predicted octanol–water partition coefficient (Wildman–Crippen LogP) is 4.55. The molecule has 3 aromatic heterocycles. The zero-order valence-corrected chi connectivity index (χ0v) is 14.8. The minimum atomic E-state index is -0.442. The Morgan fingerprint density at radius 1 is 1.27 bits per heavy atom. The van der Waals surface area contributed by atoms with Gasteiger partial charge >= 0.3 is 5.82 Å². The SMILES string of the molecule is O=[N+]([O-])c1c(NC(c2cccc(Cl)c2)c2ccccn2)nc2sccn12. The van der Waals surface area contributed by atoms with E-state index >= 15 is 0 Å². The van der Waals surface area contributed by atoms with Crippen molar-refractivity contribution in [3.63, 3.8) is 0 Å². The minimum Gasteiger partial charge on any atom is -0.358 e. The number of imidazole rings is 1. The molecule has 1 N–H and O–H groups in total. The molecule has 3 heterocycles. The van der Waals surface area contributed by atoms with E-state index in [2.05, 4.69) is 15.3 Å². The van der Waals surface area contributed by atoms with E-state index in [0.717, 1.165) is 5.56 Å². The second-order valence-electron chi connectivity index (χ2n) is 5.48. The number of hydrogen-bond acceptors (Lipinski definition) is 6. The van der Waals surface area contributed by atoms with Gasteiger partial charge in [0.15, 0.2) is 0 Å². The topological polar surface area (TPSA) is 85.4 Å². The Kier molecular flexibility index (Phi) is 4.27. The zero-order chi connectivity index (χ0) is 18.1. The maximum absolute atomic E-state index is 11.6. The molecule has 0 bridgehead atoms. The first-order valence-corrected chi connectivity index (χ1v) is 8.92. The third-order valence-corrected chi connectivity index (χ3v) is 4.85. The number of halogens is 1. The molecule has 9 heteroatoms. The summed E-state index contributed by atoms with van der Waals surface area (Å²) in [6.45, 7) is 0. The van der Waals surface area contributed by atoms with Crippen molar-refractivity contribution in [2.75, 3.05) is 5.32 Å². The van der Waals surface area contributed by atoms with Gasteiger partial charge in [-0.05, 0) is 34.8 Å². The number of rotatable bonds is 5. The normalized spacial score (nSPS) is 12.2. The molecule has 0 radical (unpaired) electrons. The van der Waals surface area contributed by atoms with Crippen molar-refractivity contribution < 1.29 is 4.92 Å². The Hall–Kier alpha value is -2.97. The van der Waals surface area contributed by atoms with E-state index in [1.165, 1.54) is 15.7 Å². The van der Waals surface area contributed by atoms with Crippen molar-refractivity contribution in [1.82, 2.24) is 14.4 Å². The summed E-state index contributed by atoms with van der Waals surface area (Å²) in [6, 6.07) is 12.4. The number of aromatic nitrogens is 3. The number of nitrogens with zero attached hydrogens (tertiary/aromatic N) is 4. The van der Waals surface area contributed by atoms with Gasteiger partial charge in [-0.25, -0.2) is 0 Å². The summed E-state index contributed by atoms with van der Waals surface area (Å²) >= 11 is 7.46. The zero-order valence-electron chi connectivity index (χ0n) is 13.2. The maximum Gasteiger partial charge on any atom is 0.372 e. The molecule has 0 aliphatic heterocycles. The average molecular weight is 386 g/mol. The standard InChI is InChI=1S/C17H12ClN5O2S/c18-12-5-3-4-11(10-12)14(13-6-1-2-7-19-13)20-15-16(23(24)25)22-8-9-26-17(22)21-15/h1-10,14,20H. The van der Waals surface area contributed by atoms with Crippen molar-refractivity contribution in [2.45, 2.75) is 6.04 Å². The van der Waals surface area contributed by atoms with Crippen LogP contribution in [0.25, 0.3) is 4.96 Å². The van der Waals surface area contributed by atoms with Crippen LogP contribution in [0, 0.1) is 10.1 Å². The predicted molar refractivity (Wildman–Crippen MR) is 101 cm³/mol. The Morgan fingerprint density at radius 2 is 2.15 bits per heavy atom. The van der Waals surface area contributed by atoms with E-state index in [0.29, 0.717) is 15.7 Å². The van der Waals surface area contributed by atoms with Gasteiger partial charge in [-0.15, -0.1) is 0 Å². The van der Waals surface area contributed by atoms with Crippen molar-refractivity contribution in [3.05, 3.63) is 86.6 Å². The first-order valence-electron chi connectivity index (χ1n) is 7.66. The molecule has 26 heavy (non-hydrogen) atoms. The molecule has 1 unspecified atom stereocenters. The number of pyridine rings is 1. The quantitative estimate of drug-likeness (QED) is 0.402. The van der Waals surface area contributed by atoms with Gasteiger partial charge in [-0.2, -0.15) is 9.38 Å². The number of anilines is 1. The minimum absolute atomic E-state index is 0.107. The number of nitrogens with one attached hydrogen (secondary N) is 1. The average Bonchev–Trinajstić information content (AvgIpc) is 3.20. The fourth-order valence-electron chi connectivity index (χ4n) is 2.74.